The molecule has 0 aliphatic carbocycles. The van der Waals surface area contributed by atoms with Gasteiger partial charge in [-0.1, -0.05) is 72.8 Å². The number of nitrogens with one attached hydrogen (secondary N) is 2. The van der Waals surface area contributed by atoms with Crippen LogP contribution in [0.3, 0.4) is 0 Å². The average Bonchev–Trinajstić information content (AvgIpc) is 3.42. The van der Waals surface area contributed by atoms with Gasteiger partial charge in [0.1, 0.15) is 11.3 Å². The van der Waals surface area contributed by atoms with E-state index < -0.39 is 24.2 Å². The Balaban J connectivity index is 1.47. The Morgan fingerprint density at radius 1 is 0.949 bits per heavy atom. The maximum atomic E-state index is 13.2. The number of hydrogen-bond acceptors (Lipinski definition) is 6. The van der Waals surface area contributed by atoms with Gasteiger partial charge in [-0.15, -0.1) is 0 Å². The molecule has 0 radical (unpaired) electrons. The second-order valence-electron chi connectivity index (χ2n) is 9.10. The van der Waals surface area contributed by atoms with E-state index in [4.69, 9.17) is 13.9 Å². The second kappa shape index (κ2) is 13.5. The molecule has 0 saturated heterocycles. The molecular formula is C31H32N2O6. The van der Waals surface area contributed by atoms with Crippen molar-refractivity contribution in [3.63, 3.8) is 0 Å². The van der Waals surface area contributed by atoms with E-state index in [-0.39, 0.29) is 12.3 Å². The second-order valence-corrected chi connectivity index (χ2v) is 9.10. The molecule has 2 amide bonds. The minimum atomic E-state index is -0.809. The number of carbonyl (C=O) groups is 2. The molecule has 39 heavy (non-hydrogen) atoms. The Labute approximate surface area is 227 Å². The van der Waals surface area contributed by atoms with E-state index in [2.05, 4.69) is 5.32 Å². The summed E-state index contributed by atoms with van der Waals surface area (Å²) in [6.45, 7) is 0. The van der Waals surface area contributed by atoms with Gasteiger partial charge in [0.25, 0.3) is 5.91 Å². The van der Waals surface area contributed by atoms with Crippen LogP contribution in [0.4, 0.5) is 0 Å². The first-order valence-electron chi connectivity index (χ1n) is 12.6. The molecule has 3 aromatic carbocycles. The number of methoxy groups -OCH3 is 2. The highest BCUT2D eigenvalue weighted by Gasteiger charge is 2.29. The monoisotopic (exact) mass is 528 g/mol. The average molecular weight is 529 g/mol. The van der Waals surface area contributed by atoms with Crippen LogP contribution in [0.25, 0.3) is 28.4 Å². The number of carbonyl (C=O) groups excluding carboxylic acids is 2. The van der Waals surface area contributed by atoms with Crippen molar-refractivity contribution in [3.05, 3.63) is 102 Å². The predicted molar refractivity (Wildman–Crippen MR) is 149 cm³/mol. The number of furan rings is 1. The summed E-state index contributed by atoms with van der Waals surface area (Å²) in [5, 5.41) is 13.3. The summed E-state index contributed by atoms with van der Waals surface area (Å²) in [4.78, 5) is 25.7. The molecule has 0 bridgehead atoms. The highest BCUT2D eigenvalue weighted by molar-refractivity contribution is 5.95. The van der Waals surface area contributed by atoms with Crippen LogP contribution in [0.15, 0.2) is 95.4 Å². The third-order valence-corrected chi connectivity index (χ3v) is 6.52. The van der Waals surface area contributed by atoms with Crippen molar-refractivity contribution >= 4 is 28.9 Å². The highest BCUT2D eigenvalue weighted by atomic mass is 16.7. The number of hydroxylamine groups is 1. The van der Waals surface area contributed by atoms with Gasteiger partial charge in [0.05, 0.1) is 6.04 Å². The molecule has 1 heterocycles. The van der Waals surface area contributed by atoms with E-state index >= 15 is 0 Å². The molecule has 0 aliphatic heterocycles. The Hall–Kier alpha value is -4.24. The molecule has 4 aromatic rings. The van der Waals surface area contributed by atoms with Crippen LogP contribution in [0.1, 0.15) is 28.8 Å². The van der Waals surface area contributed by atoms with Crippen molar-refractivity contribution in [1.82, 2.24) is 10.8 Å². The van der Waals surface area contributed by atoms with Crippen LogP contribution in [-0.4, -0.2) is 43.6 Å². The predicted octanol–water partition coefficient (Wildman–Crippen LogP) is 5.43. The third-order valence-electron chi connectivity index (χ3n) is 6.52. The fourth-order valence-electron chi connectivity index (χ4n) is 4.47. The Morgan fingerprint density at radius 2 is 1.64 bits per heavy atom. The molecule has 0 spiro atoms. The molecule has 3 N–H and O–H groups in total. The summed E-state index contributed by atoms with van der Waals surface area (Å²) in [7, 11) is 2.93. The zero-order valence-corrected chi connectivity index (χ0v) is 21.9. The molecule has 0 saturated carbocycles. The summed E-state index contributed by atoms with van der Waals surface area (Å²) < 4.78 is 16.8. The van der Waals surface area contributed by atoms with Crippen LogP contribution < -0.4 is 10.8 Å². The standard InChI is InChI=1S/C31H32N2O6/c1-37-31(38-2)26(19-25(30(35)33-36)13-8-11-21-9-4-3-5-10-21)32-29(34)23-17-15-22(16-18-23)28-20-24-12-6-7-14-27(24)39-28/h3-12,14-18,20,25-26,31,36H,13,19H2,1-2H3,(H,32,34)(H,33,35)/t25-,26-/m0/s1. The van der Waals surface area contributed by atoms with E-state index in [0.29, 0.717) is 17.7 Å². The molecule has 0 aliphatic rings. The van der Waals surface area contributed by atoms with Crippen molar-refractivity contribution < 1.29 is 28.7 Å². The van der Waals surface area contributed by atoms with E-state index in [1.54, 1.807) is 17.6 Å². The normalized spacial score (nSPS) is 13.0. The van der Waals surface area contributed by atoms with Gasteiger partial charge < -0.3 is 19.2 Å². The van der Waals surface area contributed by atoms with Crippen LogP contribution in [0.2, 0.25) is 0 Å². The van der Waals surface area contributed by atoms with E-state index in [1.165, 1.54) is 14.2 Å². The highest BCUT2D eigenvalue weighted by Crippen LogP contribution is 2.28. The summed E-state index contributed by atoms with van der Waals surface area (Å²) in [5.41, 5.74) is 4.79. The number of hydrogen-bond donors (Lipinski definition) is 3. The molecule has 8 nitrogen and oxygen atoms in total. The third kappa shape index (κ3) is 7.20. The number of allylic oxidation sites excluding steroid dienone is 1. The molecule has 0 fully saturated rings. The van der Waals surface area contributed by atoms with Gasteiger partial charge in [-0.3, -0.25) is 14.8 Å². The minimum absolute atomic E-state index is 0.167. The minimum Gasteiger partial charge on any atom is -0.456 e. The first-order chi connectivity index (χ1) is 19.0. The zero-order chi connectivity index (χ0) is 27.6. The van der Waals surface area contributed by atoms with Crippen LogP contribution in [0.5, 0.6) is 0 Å². The quantitative estimate of drug-likeness (QED) is 0.128. The summed E-state index contributed by atoms with van der Waals surface area (Å²) in [5.74, 6) is -0.851. The van der Waals surface area contributed by atoms with Crippen LogP contribution in [-0.2, 0) is 14.3 Å². The number of amides is 2. The molecular weight excluding hydrogens is 496 g/mol. The smallest absolute Gasteiger partial charge is 0.251 e. The van der Waals surface area contributed by atoms with Gasteiger partial charge in [0.2, 0.25) is 5.91 Å². The topological polar surface area (TPSA) is 110 Å². The first kappa shape index (κ1) is 27.8. The van der Waals surface area contributed by atoms with Crippen LogP contribution >= 0.6 is 0 Å². The summed E-state index contributed by atoms with van der Waals surface area (Å²) in [6.07, 6.45) is 3.45. The Bertz CT molecular complexity index is 1360. The molecule has 202 valence electrons. The lowest BCUT2D eigenvalue weighted by molar-refractivity contribution is -0.139. The van der Waals surface area contributed by atoms with Crippen LogP contribution in [0, 0.1) is 5.92 Å². The number of ether oxygens (including phenoxy) is 2. The van der Waals surface area contributed by atoms with Crippen molar-refractivity contribution in [2.24, 2.45) is 5.92 Å². The van der Waals surface area contributed by atoms with Gasteiger partial charge in [-0.05, 0) is 42.7 Å². The fourth-order valence-corrected chi connectivity index (χ4v) is 4.47. The molecule has 0 unspecified atom stereocenters. The van der Waals surface area contributed by atoms with Gasteiger partial charge in [-0.2, -0.15) is 0 Å². The van der Waals surface area contributed by atoms with Gasteiger partial charge in [-0.25, -0.2) is 5.48 Å². The van der Waals surface area contributed by atoms with Gasteiger partial charge in [0, 0.05) is 36.7 Å². The molecule has 2 atom stereocenters. The number of para-hydroxylation sites is 1. The largest absolute Gasteiger partial charge is 0.456 e. The SMILES string of the molecule is COC(OC)[C@H](C[C@H](CC=Cc1ccccc1)C(=O)NO)NC(=O)c1ccc(-c2cc3ccccc3o2)cc1. The molecule has 4 rings (SSSR count). The maximum absolute atomic E-state index is 13.2. The number of fused-ring (bicyclic) bond motifs is 1. The maximum Gasteiger partial charge on any atom is 0.251 e. The molecule has 1 aromatic heterocycles. The fraction of sp³-hybridized carbons (Fsp3) is 0.226. The first-order valence-corrected chi connectivity index (χ1v) is 12.6. The van der Waals surface area contributed by atoms with Crippen molar-refractivity contribution in [1.29, 1.82) is 0 Å². The van der Waals surface area contributed by atoms with Crippen molar-refractivity contribution in [2.45, 2.75) is 25.2 Å². The number of benzene rings is 3. The van der Waals surface area contributed by atoms with E-state index in [9.17, 15) is 14.8 Å². The lowest BCUT2D eigenvalue weighted by Gasteiger charge is -2.28. The van der Waals surface area contributed by atoms with Gasteiger partial charge in [0.15, 0.2) is 6.29 Å². The lowest BCUT2D eigenvalue weighted by Crippen LogP contribution is -2.47. The summed E-state index contributed by atoms with van der Waals surface area (Å²) >= 11 is 0. The Kier molecular flexibility index (Phi) is 9.64. The number of rotatable bonds is 12. The van der Waals surface area contributed by atoms with E-state index in [1.807, 2.05) is 84.9 Å². The Morgan fingerprint density at radius 3 is 2.31 bits per heavy atom. The summed E-state index contributed by atoms with van der Waals surface area (Å²) in [6, 6.07) is 25.8. The van der Waals surface area contributed by atoms with Crippen molar-refractivity contribution in [3.8, 4) is 11.3 Å². The lowest BCUT2D eigenvalue weighted by atomic mass is 9.94. The van der Waals surface area contributed by atoms with E-state index in [0.717, 1.165) is 22.1 Å². The van der Waals surface area contributed by atoms with Gasteiger partial charge >= 0.3 is 0 Å². The van der Waals surface area contributed by atoms with Crippen molar-refractivity contribution in [2.75, 3.05) is 14.2 Å². The zero-order valence-electron chi connectivity index (χ0n) is 21.9. The molecule has 8 heteroatoms.